The summed E-state index contributed by atoms with van der Waals surface area (Å²) in [5.74, 6) is 1.92. The van der Waals surface area contributed by atoms with Crippen molar-refractivity contribution < 1.29 is 4.74 Å². The fourth-order valence-corrected chi connectivity index (χ4v) is 3.51. The lowest BCUT2D eigenvalue weighted by molar-refractivity contribution is 0.412. The van der Waals surface area contributed by atoms with E-state index < -0.39 is 0 Å². The van der Waals surface area contributed by atoms with Gasteiger partial charge >= 0.3 is 0 Å². The topological polar surface area (TPSA) is 39.1 Å². The number of benzene rings is 2. The van der Waals surface area contributed by atoms with E-state index in [2.05, 4.69) is 42.6 Å². The third kappa shape index (κ3) is 2.88. The minimum atomic E-state index is 0.828. The van der Waals surface area contributed by atoms with Crippen molar-refractivity contribution in [3.63, 3.8) is 0 Å². The highest BCUT2D eigenvalue weighted by molar-refractivity contribution is 5.72. The minimum Gasteiger partial charge on any atom is -0.494 e. The number of rotatable bonds is 3. The zero-order chi connectivity index (χ0) is 17.2. The van der Waals surface area contributed by atoms with Gasteiger partial charge in [0, 0.05) is 17.7 Å². The molecule has 0 bridgehead atoms. The highest BCUT2D eigenvalue weighted by Gasteiger charge is 2.22. The number of aryl methyl sites for hydroxylation is 1. The van der Waals surface area contributed by atoms with E-state index in [-0.39, 0.29) is 0 Å². The number of hydrogen-bond acceptors (Lipinski definition) is 3. The van der Waals surface area contributed by atoms with E-state index in [0.29, 0.717) is 0 Å². The first kappa shape index (κ1) is 15.8. The molecule has 2 aromatic carbocycles. The number of para-hydroxylation sites is 2. The largest absolute Gasteiger partial charge is 0.494 e. The van der Waals surface area contributed by atoms with Crippen molar-refractivity contribution >= 4 is 5.82 Å². The molecule has 1 aromatic heterocycles. The summed E-state index contributed by atoms with van der Waals surface area (Å²) in [5.41, 5.74) is 5.76. The molecule has 1 N–H and O–H groups in total. The second-order valence-corrected chi connectivity index (χ2v) is 6.51. The first-order chi connectivity index (χ1) is 12.3. The lowest BCUT2D eigenvalue weighted by Crippen LogP contribution is -2.08. The van der Waals surface area contributed by atoms with Gasteiger partial charge in [0.25, 0.3) is 0 Å². The quantitative estimate of drug-likeness (QED) is 0.761. The SMILES string of the molecule is COc1ccccc1-n1nc(-c2cccc(C)c2)c2c1NCCCC2. The molecule has 0 saturated carbocycles. The van der Waals surface area contributed by atoms with Gasteiger partial charge in [0.15, 0.2) is 0 Å². The van der Waals surface area contributed by atoms with Crippen LogP contribution in [0.15, 0.2) is 48.5 Å². The van der Waals surface area contributed by atoms with Crippen LogP contribution >= 0.6 is 0 Å². The number of fused-ring (bicyclic) bond motifs is 1. The van der Waals surface area contributed by atoms with Gasteiger partial charge in [-0.2, -0.15) is 5.10 Å². The van der Waals surface area contributed by atoms with Crippen LogP contribution in [0.5, 0.6) is 5.75 Å². The van der Waals surface area contributed by atoms with Crippen LogP contribution in [0.2, 0.25) is 0 Å². The Morgan fingerprint density at radius 2 is 1.96 bits per heavy atom. The van der Waals surface area contributed by atoms with Crippen molar-refractivity contribution in [3.05, 3.63) is 59.7 Å². The van der Waals surface area contributed by atoms with E-state index in [1.165, 1.54) is 29.5 Å². The van der Waals surface area contributed by atoms with E-state index in [9.17, 15) is 0 Å². The molecule has 0 amide bonds. The number of nitrogens with one attached hydrogen (secondary N) is 1. The summed E-state index contributed by atoms with van der Waals surface area (Å²) in [6.07, 6.45) is 3.39. The fourth-order valence-electron chi connectivity index (χ4n) is 3.51. The van der Waals surface area contributed by atoms with Crippen molar-refractivity contribution in [2.24, 2.45) is 0 Å². The van der Waals surface area contributed by atoms with Crippen molar-refractivity contribution in [1.82, 2.24) is 9.78 Å². The van der Waals surface area contributed by atoms with E-state index in [0.717, 1.165) is 35.9 Å². The van der Waals surface area contributed by atoms with Crippen molar-refractivity contribution in [2.45, 2.75) is 26.2 Å². The number of nitrogens with zero attached hydrogens (tertiary/aromatic N) is 2. The van der Waals surface area contributed by atoms with Gasteiger partial charge in [-0.05, 0) is 44.4 Å². The van der Waals surface area contributed by atoms with Gasteiger partial charge < -0.3 is 10.1 Å². The summed E-state index contributed by atoms with van der Waals surface area (Å²) in [6, 6.07) is 16.6. The summed E-state index contributed by atoms with van der Waals surface area (Å²) in [4.78, 5) is 0. The van der Waals surface area contributed by atoms with Gasteiger partial charge in [-0.1, -0.05) is 35.9 Å². The Morgan fingerprint density at radius 1 is 1.08 bits per heavy atom. The average Bonchev–Trinajstić information content (AvgIpc) is 2.82. The number of ether oxygens (including phenoxy) is 1. The molecule has 1 aliphatic heterocycles. The molecule has 4 rings (SSSR count). The third-order valence-electron chi connectivity index (χ3n) is 4.73. The van der Waals surface area contributed by atoms with E-state index in [1.807, 2.05) is 22.9 Å². The zero-order valence-corrected chi connectivity index (χ0v) is 14.7. The van der Waals surface area contributed by atoms with Gasteiger partial charge in [-0.3, -0.25) is 0 Å². The van der Waals surface area contributed by atoms with Crippen LogP contribution < -0.4 is 10.1 Å². The minimum absolute atomic E-state index is 0.828. The summed E-state index contributed by atoms with van der Waals surface area (Å²) in [6.45, 7) is 3.10. The Morgan fingerprint density at radius 3 is 2.80 bits per heavy atom. The summed E-state index contributed by atoms with van der Waals surface area (Å²) in [5, 5.41) is 8.59. The highest BCUT2D eigenvalue weighted by Crippen LogP contribution is 2.36. The molecule has 0 saturated heterocycles. The van der Waals surface area contributed by atoms with Crippen LogP contribution in [-0.4, -0.2) is 23.4 Å². The van der Waals surface area contributed by atoms with E-state index in [1.54, 1.807) is 7.11 Å². The molecule has 3 aromatic rings. The molecule has 0 spiro atoms. The second kappa shape index (κ2) is 6.63. The summed E-state index contributed by atoms with van der Waals surface area (Å²) >= 11 is 0. The number of hydrogen-bond donors (Lipinski definition) is 1. The van der Waals surface area contributed by atoms with Gasteiger partial charge in [-0.25, -0.2) is 4.68 Å². The Hall–Kier alpha value is -2.75. The summed E-state index contributed by atoms with van der Waals surface area (Å²) < 4.78 is 7.58. The number of methoxy groups -OCH3 is 1. The Balaban J connectivity index is 1.94. The average molecular weight is 333 g/mol. The predicted molar refractivity (Wildman–Crippen MR) is 102 cm³/mol. The molecule has 0 fully saturated rings. The van der Waals surface area contributed by atoms with Gasteiger partial charge in [0.1, 0.15) is 17.3 Å². The van der Waals surface area contributed by atoms with Crippen LogP contribution in [0.4, 0.5) is 5.82 Å². The van der Waals surface area contributed by atoms with Gasteiger partial charge in [0.05, 0.1) is 12.8 Å². The predicted octanol–water partition coefficient (Wildman–Crippen LogP) is 4.60. The highest BCUT2D eigenvalue weighted by atomic mass is 16.5. The van der Waals surface area contributed by atoms with Crippen LogP contribution in [0.25, 0.3) is 16.9 Å². The molecule has 0 atom stereocenters. The normalized spacial score (nSPS) is 13.7. The maximum atomic E-state index is 5.57. The molecule has 4 heteroatoms. The van der Waals surface area contributed by atoms with Crippen LogP contribution in [0.3, 0.4) is 0 Å². The lowest BCUT2D eigenvalue weighted by Gasteiger charge is -2.12. The maximum Gasteiger partial charge on any atom is 0.144 e. The molecule has 0 radical (unpaired) electrons. The van der Waals surface area contributed by atoms with Crippen molar-refractivity contribution in [2.75, 3.05) is 19.0 Å². The molecular formula is C21H23N3O. The number of aromatic nitrogens is 2. The first-order valence-electron chi connectivity index (χ1n) is 8.84. The smallest absolute Gasteiger partial charge is 0.144 e. The Bertz CT molecular complexity index is 898. The monoisotopic (exact) mass is 333 g/mol. The van der Waals surface area contributed by atoms with Crippen molar-refractivity contribution in [3.8, 4) is 22.7 Å². The van der Waals surface area contributed by atoms with Crippen LogP contribution in [0, 0.1) is 6.92 Å². The molecule has 25 heavy (non-hydrogen) atoms. The molecule has 0 aliphatic carbocycles. The van der Waals surface area contributed by atoms with Crippen LogP contribution in [-0.2, 0) is 6.42 Å². The fraction of sp³-hybridized carbons (Fsp3) is 0.286. The number of anilines is 1. The van der Waals surface area contributed by atoms with E-state index >= 15 is 0 Å². The van der Waals surface area contributed by atoms with E-state index in [4.69, 9.17) is 9.84 Å². The second-order valence-electron chi connectivity index (χ2n) is 6.51. The molecule has 2 heterocycles. The Kier molecular flexibility index (Phi) is 4.18. The molecule has 128 valence electrons. The lowest BCUT2D eigenvalue weighted by atomic mass is 10.0. The van der Waals surface area contributed by atoms with Crippen LogP contribution in [0.1, 0.15) is 24.0 Å². The molecule has 4 nitrogen and oxygen atoms in total. The Labute approximate surface area is 148 Å². The van der Waals surface area contributed by atoms with Gasteiger partial charge in [-0.15, -0.1) is 0 Å². The zero-order valence-electron chi connectivity index (χ0n) is 14.7. The first-order valence-corrected chi connectivity index (χ1v) is 8.84. The summed E-state index contributed by atoms with van der Waals surface area (Å²) in [7, 11) is 1.70. The standard InChI is InChI=1S/C21H23N3O/c1-15-8-7-9-16(14-15)20-17-10-5-6-13-22-21(17)24(23-20)18-11-3-4-12-19(18)25-2/h3-4,7-9,11-12,14,22H,5-6,10,13H2,1-2H3. The molecular weight excluding hydrogens is 310 g/mol. The third-order valence-corrected chi connectivity index (χ3v) is 4.73. The van der Waals surface area contributed by atoms with Crippen molar-refractivity contribution in [1.29, 1.82) is 0 Å². The van der Waals surface area contributed by atoms with Gasteiger partial charge in [0.2, 0.25) is 0 Å². The molecule has 1 aliphatic rings. The molecule has 0 unspecified atom stereocenters. The maximum absolute atomic E-state index is 5.57.